The second kappa shape index (κ2) is 3.25. The van der Waals surface area contributed by atoms with Crippen molar-refractivity contribution in [1.82, 2.24) is 0 Å². The molecule has 2 unspecified atom stereocenters. The molecule has 2 atom stereocenters. The molecule has 1 fully saturated rings. The van der Waals surface area contributed by atoms with Gasteiger partial charge in [-0.25, -0.2) is 0 Å². The first-order valence-corrected chi connectivity index (χ1v) is 5.92. The lowest BCUT2D eigenvalue weighted by molar-refractivity contribution is 0.435. The van der Waals surface area contributed by atoms with E-state index in [1.807, 2.05) is 0 Å². The minimum absolute atomic E-state index is 0.601. The molecule has 0 aliphatic heterocycles. The molecule has 1 saturated carbocycles. The summed E-state index contributed by atoms with van der Waals surface area (Å²) in [5.74, 6) is 1.73. The molecule has 0 heterocycles. The minimum atomic E-state index is 0.601. The first-order chi connectivity index (χ1) is 6.54. The predicted molar refractivity (Wildman–Crippen MR) is 62.1 cm³/mol. The van der Waals surface area contributed by atoms with Crippen LogP contribution in [0, 0.1) is 17.3 Å². The van der Waals surface area contributed by atoms with Gasteiger partial charge in [-0.3, -0.25) is 0 Å². The summed E-state index contributed by atoms with van der Waals surface area (Å²) in [7, 11) is 0. The third kappa shape index (κ3) is 1.55. The van der Waals surface area contributed by atoms with E-state index < -0.39 is 0 Å². The average molecular weight is 190 g/mol. The SMILES string of the molecule is CC1=CC2CC2(CCC(C)C)C(C)=C1. The molecule has 0 aromatic carbocycles. The van der Waals surface area contributed by atoms with Crippen LogP contribution in [0.2, 0.25) is 0 Å². The van der Waals surface area contributed by atoms with Crippen LogP contribution in [0.5, 0.6) is 0 Å². The summed E-state index contributed by atoms with van der Waals surface area (Å²) in [5.41, 5.74) is 3.72. The fraction of sp³-hybridized carbons (Fsp3) is 0.714. The van der Waals surface area contributed by atoms with Crippen LogP contribution in [0.15, 0.2) is 23.3 Å². The lowest BCUT2D eigenvalue weighted by atomic mass is 9.83. The zero-order valence-electron chi connectivity index (χ0n) is 9.93. The lowest BCUT2D eigenvalue weighted by Gasteiger charge is -2.22. The van der Waals surface area contributed by atoms with Gasteiger partial charge >= 0.3 is 0 Å². The van der Waals surface area contributed by atoms with E-state index in [0.717, 1.165) is 11.8 Å². The molecular weight excluding hydrogens is 168 g/mol. The van der Waals surface area contributed by atoms with Crippen LogP contribution >= 0.6 is 0 Å². The highest BCUT2D eigenvalue weighted by Crippen LogP contribution is 2.63. The Morgan fingerprint density at radius 1 is 1.43 bits per heavy atom. The van der Waals surface area contributed by atoms with Gasteiger partial charge in [0.1, 0.15) is 0 Å². The molecule has 0 aromatic heterocycles. The Labute approximate surface area is 88.1 Å². The van der Waals surface area contributed by atoms with Gasteiger partial charge in [0.25, 0.3) is 0 Å². The highest BCUT2D eigenvalue weighted by atomic mass is 14.6. The molecule has 0 saturated heterocycles. The van der Waals surface area contributed by atoms with Crippen LogP contribution in [0.3, 0.4) is 0 Å². The van der Waals surface area contributed by atoms with E-state index in [9.17, 15) is 0 Å². The van der Waals surface area contributed by atoms with Gasteiger partial charge in [0.05, 0.1) is 0 Å². The quantitative estimate of drug-likeness (QED) is 0.621. The Bertz CT molecular complexity index is 293. The maximum absolute atomic E-state index is 2.48. The molecule has 0 nitrogen and oxygen atoms in total. The second-order valence-corrected chi connectivity index (χ2v) is 5.64. The van der Waals surface area contributed by atoms with Crippen molar-refractivity contribution in [3.05, 3.63) is 23.3 Å². The predicted octanol–water partition coefficient (Wildman–Crippen LogP) is 4.34. The van der Waals surface area contributed by atoms with Gasteiger partial charge < -0.3 is 0 Å². The molecule has 78 valence electrons. The third-order valence-electron chi connectivity index (χ3n) is 4.00. The first kappa shape index (κ1) is 10.0. The lowest BCUT2D eigenvalue weighted by Crippen LogP contribution is -2.10. The Morgan fingerprint density at radius 3 is 2.71 bits per heavy atom. The van der Waals surface area contributed by atoms with Crippen LogP contribution < -0.4 is 0 Å². The van der Waals surface area contributed by atoms with E-state index in [1.165, 1.54) is 24.8 Å². The van der Waals surface area contributed by atoms with Crippen LogP contribution in [0.4, 0.5) is 0 Å². The van der Waals surface area contributed by atoms with Crippen LogP contribution in [0.1, 0.15) is 47.0 Å². The van der Waals surface area contributed by atoms with Gasteiger partial charge in [0, 0.05) is 0 Å². The van der Waals surface area contributed by atoms with E-state index in [0.29, 0.717) is 5.41 Å². The monoisotopic (exact) mass is 190 g/mol. The van der Waals surface area contributed by atoms with Gasteiger partial charge in [-0.15, -0.1) is 0 Å². The number of allylic oxidation sites excluding steroid dienone is 4. The molecular formula is C14H22. The Kier molecular flexibility index (Phi) is 2.33. The van der Waals surface area contributed by atoms with Crippen molar-refractivity contribution in [1.29, 1.82) is 0 Å². The maximum Gasteiger partial charge on any atom is -0.00184 e. The summed E-state index contributed by atoms with van der Waals surface area (Å²) < 4.78 is 0. The van der Waals surface area contributed by atoms with Gasteiger partial charge in [-0.05, 0) is 43.9 Å². The Morgan fingerprint density at radius 2 is 2.14 bits per heavy atom. The van der Waals surface area contributed by atoms with Crippen molar-refractivity contribution < 1.29 is 0 Å². The molecule has 0 N–H and O–H groups in total. The van der Waals surface area contributed by atoms with Gasteiger partial charge in [0.2, 0.25) is 0 Å². The summed E-state index contributed by atoms with van der Waals surface area (Å²) in [6.45, 7) is 9.22. The zero-order valence-corrected chi connectivity index (χ0v) is 9.93. The Hall–Kier alpha value is -0.520. The topological polar surface area (TPSA) is 0 Å². The van der Waals surface area contributed by atoms with Crippen molar-refractivity contribution in [2.24, 2.45) is 17.3 Å². The highest BCUT2D eigenvalue weighted by Gasteiger charge is 2.54. The van der Waals surface area contributed by atoms with E-state index in [1.54, 1.807) is 5.57 Å². The molecule has 2 aliphatic carbocycles. The van der Waals surface area contributed by atoms with Gasteiger partial charge in [-0.1, -0.05) is 43.6 Å². The number of rotatable bonds is 3. The zero-order chi connectivity index (χ0) is 10.3. The van der Waals surface area contributed by atoms with Crippen LogP contribution in [-0.4, -0.2) is 0 Å². The normalized spacial score (nSPS) is 35.1. The molecule has 14 heavy (non-hydrogen) atoms. The summed E-state index contributed by atoms with van der Waals surface area (Å²) in [6.07, 6.45) is 9.08. The standard InChI is InChI=1S/C14H22/c1-10(2)5-6-14-9-13(14)8-11(3)7-12(14)4/h7-8,10,13H,5-6,9H2,1-4H3. The molecule has 0 radical (unpaired) electrons. The van der Waals surface area contributed by atoms with Crippen LogP contribution in [-0.2, 0) is 0 Å². The first-order valence-electron chi connectivity index (χ1n) is 5.92. The molecule has 0 heteroatoms. The average Bonchev–Trinajstić information content (AvgIpc) is 2.76. The molecule has 0 amide bonds. The van der Waals surface area contributed by atoms with Crippen molar-refractivity contribution >= 4 is 0 Å². The molecule has 0 bridgehead atoms. The fourth-order valence-corrected chi connectivity index (χ4v) is 2.89. The molecule has 2 rings (SSSR count). The minimum Gasteiger partial charge on any atom is -0.0776 e. The molecule has 0 aromatic rings. The summed E-state index contributed by atoms with van der Waals surface area (Å²) in [6, 6.07) is 0. The molecule has 2 aliphatic rings. The van der Waals surface area contributed by atoms with Crippen molar-refractivity contribution in [2.45, 2.75) is 47.0 Å². The van der Waals surface area contributed by atoms with Gasteiger partial charge in [0.15, 0.2) is 0 Å². The maximum atomic E-state index is 2.48. The van der Waals surface area contributed by atoms with Gasteiger partial charge in [-0.2, -0.15) is 0 Å². The van der Waals surface area contributed by atoms with E-state index in [2.05, 4.69) is 39.8 Å². The largest absolute Gasteiger partial charge is 0.0776 e. The highest BCUT2D eigenvalue weighted by molar-refractivity contribution is 5.39. The summed E-state index contributed by atoms with van der Waals surface area (Å²) in [4.78, 5) is 0. The number of fused-ring (bicyclic) bond motifs is 1. The van der Waals surface area contributed by atoms with Crippen molar-refractivity contribution in [3.8, 4) is 0 Å². The summed E-state index contributed by atoms with van der Waals surface area (Å²) >= 11 is 0. The molecule has 0 spiro atoms. The summed E-state index contributed by atoms with van der Waals surface area (Å²) in [5, 5.41) is 0. The van der Waals surface area contributed by atoms with Crippen molar-refractivity contribution in [3.63, 3.8) is 0 Å². The van der Waals surface area contributed by atoms with E-state index in [4.69, 9.17) is 0 Å². The van der Waals surface area contributed by atoms with E-state index >= 15 is 0 Å². The third-order valence-corrected chi connectivity index (χ3v) is 4.00. The van der Waals surface area contributed by atoms with Crippen LogP contribution in [0.25, 0.3) is 0 Å². The smallest absolute Gasteiger partial charge is 0.00184 e. The number of hydrogen-bond donors (Lipinski definition) is 0. The second-order valence-electron chi connectivity index (χ2n) is 5.64. The van der Waals surface area contributed by atoms with Crippen molar-refractivity contribution in [2.75, 3.05) is 0 Å². The number of hydrogen-bond acceptors (Lipinski definition) is 0. The van der Waals surface area contributed by atoms with E-state index in [-0.39, 0.29) is 0 Å². The fourth-order valence-electron chi connectivity index (χ4n) is 2.89. The Balaban J connectivity index is 2.05.